The summed E-state index contributed by atoms with van der Waals surface area (Å²) < 4.78 is 0. The van der Waals surface area contributed by atoms with Crippen molar-refractivity contribution >= 4 is 29.6 Å². The molecule has 0 aromatic heterocycles. The highest BCUT2D eigenvalue weighted by atomic mass is 35.7. The first kappa shape index (κ1) is 9.54. The molecule has 3 heteroatoms. The number of hydrogen-bond donors (Lipinski definition) is 0. The van der Waals surface area contributed by atoms with Gasteiger partial charge in [-0.15, -0.1) is 22.2 Å². The molecule has 0 aromatic rings. The average molecular weight is 183 g/mol. The van der Waals surface area contributed by atoms with Crippen molar-refractivity contribution in [3.8, 4) is 0 Å². The van der Waals surface area contributed by atoms with Crippen LogP contribution in [0.2, 0.25) is 5.54 Å². The fourth-order valence-corrected chi connectivity index (χ4v) is 2.24. The van der Waals surface area contributed by atoms with E-state index in [9.17, 15) is 0 Å². The Morgan fingerprint density at radius 1 is 1.56 bits per heavy atom. The summed E-state index contributed by atoms with van der Waals surface area (Å²) in [6.45, 7) is 6.15. The van der Waals surface area contributed by atoms with Gasteiger partial charge in [-0.25, -0.2) is 0 Å². The molecule has 0 aromatic carbocycles. The Morgan fingerprint density at radius 3 is 2.11 bits per heavy atom. The van der Waals surface area contributed by atoms with Crippen LogP contribution in [-0.4, -0.2) is 7.42 Å². The molecule has 0 radical (unpaired) electrons. The first-order chi connectivity index (χ1) is 4.09. The number of halogens is 2. The zero-order valence-corrected chi connectivity index (χ0v) is 8.65. The Balaban J connectivity index is 3.88. The summed E-state index contributed by atoms with van der Waals surface area (Å²) in [5.74, 6) is 0. The van der Waals surface area contributed by atoms with Gasteiger partial charge in [0.05, 0.1) is 0 Å². The lowest BCUT2D eigenvalue weighted by Gasteiger charge is -2.09. The van der Waals surface area contributed by atoms with E-state index >= 15 is 0 Å². The molecule has 0 aliphatic rings. The van der Waals surface area contributed by atoms with Crippen LogP contribution in [0.25, 0.3) is 0 Å². The van der Waals surface area contributed by atoms with Crippen molar-refractivity contribution in [2.75, 3.05) is 0 Å². The summed E-state index contributed by atoms with van der Waals surface area (Å²) in [5, 5.41) is 0. The number of hydrogen-bond acceptors (Lipinski definition) is 0. The van der Waals surface area contributed by atoms with Crippen molar-refractivity contribution < 1.29 is 0 Å². The zero-order valence-electron chi connectivity index (χ0n) is 5.99. The molecule has 0 aliphatic carbocycles. The van der Waals surface area contributed by atoms with Crippen LogP contribution in [0.5, 0.6) is 0 Å². The van der Waals surface area contributed by atoms with Gasteiger partial charge in [-0.1, -0.05) is 18.6 Å². The minimum absolute atomic E-state index is 0.415. The lowest BCUT2D eigenvalue weighted by Crippen LogP contribution is -2.03. The van der Waals surface area contributed by atoms with Crippen LogP contribution in [0.4, 0.5) is 0 Å². The van der Waals surface area contributed by atoms with Gasteiger partial charge < -0.3 is 0 Å². The fourth-order valence-electron chi connectivity index (χ4n) is 0.462. The van der Waals surface area contributed by atoms with Crippen LogP contribution in [-0.2, 0) is 0 Å². The van der Waals surface area contributed by atoms with Gasteiger partial charge in [0, 0.05) is 0 Å². The highest BCUT2D eigenvalue weighted by Crippen LogP contribution is 2.24. The zero-order chi connectivity index (χ0) is 7.44. The second-order valence-corrected chi connectivity index (χ2v) is 7.32. The standard InChI is InChI=1S/C6H12Cl2Si/c1-4-5(2)6(3)9(7)8/h4,6,9H,1-3H3. The van der Waals surface area contributed by atoms with E-state index in [2.05, 4.69) is 19.9 Å². The van der Waals surface area contributed by atoms with Gasteiger partial charge in [0.25, 0.3) is 0 Å². The third kappa shape index (κ3) is 3.29. The van der Waals surface area contributed by atoms with Crippen molar-refractivity contribution in [1.82, 2.24) is 0 Å². The lowest BCUT2D eigenvalue weighted by molar-refractivity contribution is 1.07. The van der Waals surface area contributed by atoms with Crippen LogP contribution < -0.4 is 0 Å². The normalized spacial score (nSPS) is 16.4. The third-order valence-corrected chi connectivity index (χ3v) is 5.10. The average Bonchev–Trinajstić information content (AvgIpc) is 1.84. The molecule has 0 saturated carbocycles. The van der Waals surface area contributed by atoms with E-state index < -0.39 is 7.42 Å². The second kappa shape index (κ2) is 4.37. The molecule has 1 unspecified atom stereocenters. The van der Waals surface area contributed by atoms with E-state index in [-0.39, 0.29) is 0 Å². The quantitative estimate of drug-likeness (QED) is 0.350. The van der Waals surface area contributed by atoms with E-state index in [4.69, 9.17) is 22.2 Å². The Hall–Kier alpha value is 0.537. The molecule has 0 rings (SSSR count). The Kier molecular flexibility index (Phi) is 4.63. The van der Waals surface area contributed by atoms with Gasteiger partial charge in [-0.2, -0.15) is 0 Å². The molecule has 0 fully saturated rings. The van der Waals surface area contributed by atoms with Crippen LogP contribution in [0.3, 0.4) is 0 Å². The van der Waals surface area contributed by atoms with Crippen LogP contribution >= 0.6 is 22.2 Å². The minimum Gasteiger partial charge on any atom is -0.150 e. The van der Waals surface area contributed by atoms with E-state index in [1.165, 1.54) is 5.57 Å². The van der Waals surface area contributed by atoms with Crippen LogP contribution in [0, 0.1) is 0 Å². The second-order valence-electron chi connectivity index (χ2n) is 2.16. The lowest BCUT2D eigenvalue weighted by atomic mass is 10.2. The SMILES string of the molecule is CC=C(C)C(C)[SiH](Cl)Cl. The Bertz CT molecular complexity index is 110. The monoisotopic (exact) mass is 182 g/mol. The van der Waals surface area contributed by atoms with E-state index in [0.717, 1.165) is 0 Å². The van der Waals surface area contributed by atoms with E-state index in [1.807, 2.05) is 6.92 Å². The maximum Gasteiger partial charge on any atom is 0.243 e. The van der Waals surface area contributed by atoms with E-state index in [0.29, 0.717) is 5.54 Å². The van der Waals surface area contributed by atoms with Crippen LogP contribution in [0.15, 0.2) is 11.6 Å². The molecule has 0 bridgehead atoms. The van der Waals surface area contributed by atoms with Gasteiger partial charge in [-0.05, 0) is 19.4 Å². The maximum atomic E-state index is 5.77. The first-order valence-electron chi connectivity index (χ1n) is 3.00. The Labute approximate surface area is 67.9 Å². The first-order valence-corrected chi connectivity index (χ1v) is 7.16. The topological polar surface area (TPSA) is 0 Å². The Morgan fingerprint density at radius 2 is 2.00 bits per heavy atom. The van der Waals surface area contributed by atoms with Gasteiger partial charge >= 0.3 is 0 Å². The summed E-state index contributed by atoms with van der Waals surface area (Å²) in [6, 6.07) is 0. The third-order valence-electron chi connectivity index (χ3n) is 1.55. The molecule has 0 amide bonds. The largest absolute Gasteiger partial charge is 0.243 e. The summed E-state index contributed by atoms with van der Waals surface area (Å²) in [5.41, 5.74) is 1.72. The molecule has 0 heterocycles. The summed E-state index contributed by atoms with van der Waals surface area (Å²) in [7, 11) is -1.46. The van der Waals surface area contributed by atoms with Crippen molar-refractivity contribution in [2.24, 2.45) is 0 Å². The summed E-state index contributed by atoms with van der Waals surface area (Å²) in [4.78, 5) is 0. The van der Waals surface area contributed by atoms with Crippen molar-refractivity contribution in [3.05, 3.63) is 11.6 Å². The molecule has 9 heavy (non-hydrogen) atoms. The van der Waals surface area contributed by atoms with Gasteiger partial charge in [0.1, 0.15) is 0 Å². The molecule has 54 valence electrons. The highest BCUT2D eigenvalue weighted by Gasteiger charge is 2.13. The predicted octanol–water partition coefficient (Wildman–Crippen LogP) is 3.04. The maximum absolute atomic E-state index is 5.77. The highest BCUT2D eigenvalue weighted by molar-refractivity contribution is 7.34. The molecule has 0 nitrogen and oxygen atoms in total. The predicted molar refractivity (Wildman–Crippen MR) is 47.7 cm³/mol. The molecule has 0 N–H and O–H groups in total. The van der Waals surface area contributed by atoms with Crippen molar-refractivity contribution in [1.29, 1.82) is 0 Å². The summed E-state index contributed by atoms with van der Waals surface area (Å²) >= 11 is 11.5. The smallest absolute Gasteiger partial charge is 0.150 e. The van der Waals surface area contributed by atoms with E-state index in [1.54, 1.807) is 0 Å². The molecule has 1 atom stereocenters. The number of rotatable bonds is 2. The molecule has 0 saturated heterocycles. The fraction of sp³-hybridized carbons (Fsp3) is 0.667. The molecular weight excluding hydrogens is 171 g/mol. The number of allylic oxidation sites excluding steroid dienone is 2. The molecular formula is C6H12Cl2Si. The minimum atomic E-state index is -1.46. The van der Waals surface area contributed by atoms with Crippen molar-refractivity contribution in [3.63, 3.8) is 0 Å². The van der Waals surface area contributed by atoms with Gasteiger partial charge in [0.2, 0.25) is 7.42 Å². The summed E-state index contributed by atoms with van der Waals surface area (Å²) in [6.07, 6.45) is 2.06. The van der Waals surface area contributed by atoms with Gasteiger partial charge in [0.15, 0.2) is 0 Å². The van der Waals surface area contributed by atoms with Crippen LogP contribution in [0.1, 0.15) is 20.8 Å². The molecule has 0 spiro atoms. The molecule has 0 aliphatic heterocycles. The van der Waals surface area contributed by atoms with Crippen molar-refractivity contribution in [2.45, 2.75) is 26.3 Å². The van der Waals surface area contributed by atoms with Gasteiger partial charge in [-0.3, -0.25) is 0 Å².